The van der Waals surface area contributed by atoms with E-state index in [1.54, 1.807) is 0 Å². The summed E-state index contributed by atoms with van der Waals surface area (Å²) in [5.41, 5.74) is 0. The molecule has 0 amide bonds. The third-order valence-electron chi connectivity index (χ3n) is 14.9. The van der Waals surface area contributed by atoms with Gasteiger partial charge in [0.1, 0.15) is 6.71 Å². The molecular weight excluding hydrogens is 827 g/mol. The van der Waals surface area contributed by atoms with E-state index in [0.29, 0.717) is 19.3 Å². The molecule has 0 aromatic carbocycles. The summed E-state index contributed by atoms with van der Waals surface area (Å²) >= 11 is 0. The molecule has 0 aliphatic heterocycles. The topological polar surface area (TPSA) is 78.9 Å². The molecule has 0 aromatic rings. The van der Waals surface area contributed by atoms with Crippen LogP contribution in [0.5, 0.6) is 0 Å². The Morgan fingerprint density at radius 2 is 0.328 bits per heavy atom. The highest BCUT2D eigenvalue weighted by molar-refractivity contribution is 6.58. The lowest BCUT2D eigenvalue weighted by Gasteiger charge is -2.14. The third kappa shape index (κ3) is 55.3. The average Bonchev–Trinajstić information content (AvgIpc) is 3.34. The zero-order valence-electron chi connectivity index (χ0n) is 45.7. The number of hydrogen-bond donors (Lipinski definition) is 0. The van der Waals surface area contributed by atoms with E-state index in [1.807, 2.05) is 0 Å². The monoisotopic (exact) mass is 945 g/mol. The minimum absolute atomic E-state index is 0.0640. The summed E-state index contributed by atoms with van der Waals surface area (Å²) in [4.78, 5) is 33.6. The summed E-state index contributed by atoms with van der Waals surface area (Å²) < 4.78 is 14.2. The average molecular weight is 945 g/mol. The van der Waals surface area contributed by atoms with Crippen molar-refractivity contribution in [2.75, 3.05) is 21.3 Å². The second-order valence-corrected chi connectivity index (χ2v) is 21.2. The second-order valence-electron chi connectivity index (χ2n) is 21.2. The van der Waals surface area contributed by atoms with Crippen molar-refractivity contribution in [3.63, 3.8) is 0 Å². The highest BCUT2D eigenvalue weighted by atomic mass is 16.5. The van der Waals surface area contributed by atoms with E-state index in [4.69, 9.17) is 14.2 Å². The van der Waals surface area contributed by atoms with Crippen LogP contribution in [0.3, 0.4) is 0 Å². The van der Waals surface area contributed by atoms with E-state index in [0.717, 1.165) is 45.2 Å². The number of carbonyl (C=O) groups excluding carboxylic acids is 3. The third-order valence-corrected chi connectivity index (χ3v) is 14.9. The van der Waals surface area contributed by atoms with Gasteiger partial charge in [0.2, 0.25) is 0 Å². The summed E-state index contributed by atoms with van der Waals surface area (Å²) in [5.74, 6) is -0.192. The number of carbonyl (C=O) groups is 3. The summed E-state index contributed by atoms with van der Waals surface area (Å²) in [6.07, 6.45) is 71.8. The van der Waals surface area contributed by atoms with Gasteiger partial charge in [-0.25, -0.2) is 0 Å². The van der Waals surface area contributed by atoms with Gasteiger partial charge < -0.3 is 14.2 Å². The highest BCUT2D eigenvalue weighted by Gasteiger charge is 2.13. The van der Waals surface area contributed by atoms with Gasteiger partial charge in [0.05, 0.1) is 21.3 Å². The van der Waals surface area contributed by atoms with Crippen molar-refractivity contribution in [2.24, 2.45) is 0 Å². The van der Waals surface area contributed by atoms with Crippen LogP contribution in [0.1, 0.15) is 327 Å². The maximum Gasteiger partial charge on any atom is 0.305 e. The fourth-order valence-electron chi connectivity index (χ4n) is 10.3. The molecule has 67 heavy (non-hydrogen) atoms. The zero-order valence-corrected chi connectivity index (χ0v) is 45.7. The van der Waals surface area contributed by atoms with Crippen LogP contribution in [0.15, 0.2) is 0 Å². The van der Waals surface area contributed by atoms with Crippen LogP contribution in [-0.4, -0.2) is 46.0 Å². The molecule has 0 rings (SSSR count). The molecule has 0 fully saturated rings. The van der Waals surface area contributed by atoms with Gasteiger partial charge in [0, 0.05) is 19.3 Å². The summed E-state index contributed by atoms with van der Waals surface area (Å²) in [6, 6.07) is 0. The fourth-order valence-corrected chi connectivity index (χ4v) is 10.3. The van der Waals surface area contributed by atoms with Gasteiger partial charge >= 0.3 is 17.9 Å². The van der Waals surface area contributed by atoms with Crippen LogP contribution in [0.2, 0.25) is 19.0 Å². The molecular formula is C60H117BO6. The molecule has 0 N–H and O–H groups in total. The van der Waals surface area contributed by atoms with Crippen molar-refractivity contribution < 1.29 is 28.6 Å². The van der Waals surface area contributed by atoms with Gasteiger partial charge in [-0.3, -0.25) is 14.4 Å². The second kappa shape index (κ2) is 57.1. The maximum atomic E-state index is 11.2. The molecule has 0 radical (unpaired) electrons. The molecule has 0 unspecified atom stereocenters. The molecule has 0 aromatic heterocycles. The normalized spacial score (nSPS) is 11.3. The molecule has 0 spiro atoms. The SMILES string of the molecule is COC(=O)CCCCCCCCCCCCCCCCCCB(CCCCCCCCCCCCCCCCCCC(=O)OC)CCCCCCCCCCCCCCCCCCC(=O)OC. The summed E-state index contributed by atoms with van der Waals surface area (Å²) in [7, 11) is 4.45. The molecule has 0 bridgehead atoms. The predicted octanol–water partition coefficient (Wildman–Crippen LogP) is 19.9. The van der Waals surface area contributed by atoms with Crippen LogP contribution in [0.25, 0.3) is 0 Å². The Labute approximate surface area is 419 Å². The van der Waals surface area contributed by atoms with Gasteiger partial charge in [-0.05, 0) is 19.3 Å². The van der Waals surface area contributed by atoms with Crippen LogP contribution in [0.4, 0.5) is 0 Å². The predicted molar refractivity (Wildman–Crippen MR) is 292 cm³/mol. The molecule has 0 heterocycles. The van der Waals surface area contributed by atoms with E-state index < -0.39 is 0 Å². The van der Waals surface area contributed by atoms with Crippen LogP contribution < -0.4 is 0 Å². The molecule has 6 nitrogen and oxygen atoms in total. The molecule has 396 valence electrons. The van der Waals surface area contributed by atoms with Crippen molar-refractivity contribution in [3.8, 4) is 0 Å². The van der Waals surface area contributed by atoms with Crippen molar-refractivity contribution in [1.29, 1.82) is 0 Å². The van der Waals surface area contributed by atoms with Crippen molar-refractivity contribution in [1.82, 2.24) is 0 Å². The summed E-state index contributed by atoms with van der Waals surface area (Å²) in [6.45, 7) is 0.977. The van der Waals surface area contributed by atoms with Gasteiger partial charge in [-0.15, -0.1) is 0 Å². The Bertz CT molecular complexity index is 881. The van der Waals surface area contributed by atoms with Crippen LogP contribution >= 0.6 is 0 Å². The van der Waals surface area contributed by atoms with Crippen LogP contribution in [-0.2, 0) is 28.6 Å². The molecule has 0 saturated heterocycles. The lowest BCUT2D eigenvalue weighted by atomic mass is 9.41. The van der Waals surface area contributed by atoms with E-state index in [2.05, 4.69) is 0 Å². The van der Waals surface area contributed by atoms with Gasteiger partial charge in [0.15, 0.2) is 0 Å². The number of esters is 3. The lowest BCUT2D eigenvalue weighted by Crippen LogP contribution is -2.12. The molecule has 0 atom stereocenters. The Balaban J connectivity index is 4.01. The fraction of sp³-hybridized carbons (Fsp3) is 0.950. The standard InChI is InChI=1S/C60H117BO6/c1-65-58(62)52-46-40-34-28-22-16-10-4-7-13-19-25-31-37-43-49-55-61(56-50-44-38-32-26-20-14-8-5-11-17-23-29-35-41-47-53-59(63)66-2)57-51-45-39-33-27-21-15-9-6-12-18-24-30-36-42-48-54-60(64)67-3/h4-57H2,1-3H3. The molecule has 0 saturated carbocycles. The maximum absolute atomic E-state index is 11.2. The molecule has 7 heteroatoms. The largest absolute Gasteiger partial charge is 0.469 e. The minimum atomic E-state index is -0.0640. The van der Waals surface area contributed by atoms with E-state index in [9.17, 15) is 14.4 Å². The van der Waals surface area contributed by atoms with Gasteiger partial charge in [-0.1, -0.05) is 308 Å². The first-order chi connectivity index (χ1) is 33.0. The Hall–Kier alpha value is -1.53. The minimum Gasteiger partial charge on any atom is -0.469 e. The number of rotatable bonds is 57. The van der Waals surface area contributed by atoms with Gasteiger partial charge in [-0.2, -0.15) is 0 Å². The quantitative estimate of drug-likeness (QED) is 0.0262. The zero-order chi connectivity index (χ0) is 48.6. The first-order valence-electron chi connectivity index (χ1n) is 30.2. The van der Waals surface area contributed by atoms with Gasteiger partial charge in [0.25, 0.3) is 0 Å². The van der Waals surface area contributed by atoms with Crippen molar-refractivity contribution in [3.05, 3.63) is 0 Å². The Kier molecular flexibility index (Phi) is 55.8. The first-order valence-corrected chi connectivity index (χ1v) is 30.2. The van der Waals surface area contributed by atoms with E-state index in [-0.39, 0.29) is 17.9 Å². The lowest BCUT2D eigenvalue weighted by molar-refractivity contribution is -0.141. The van der Waals surface area contributed by atoms with Crippen LogP contribution in [0, 0.1) is 0 Å². The van der Waals surface area contributed by atoms with Crippen molar-refractivity contribution >= 4 is 24.6 Å². The Morgan fingerprint density at radius 3 is 0.463 bits per heavy atom. The number of unbranched alkanes of at least 4 members (excludes halogenated alkanes) is 45. The smallest absolute Gasteiger partial charge is 0.305 e. The number of ether oxygens (including phenoxy) is 3. The summed E-state index contributed by atoms with van der Waals surface area (Å²) in [5, 5.41) is 0. The van der Waals surface area contributed by atoms with E-state index in [1.165, 1.54) is 310 Å². The van der Waals surface area contributed by atoms with Crippen molar-refractivity contribution in [2.45, 2.75) is 346 Å². The first kappa shape index (κ1) is 65.5. The highest BCUT2D eigenvalue weighted by Crippen LogP contribution is 2.22. The molecule has 0 aliphatic rings. The number of hydrogen-bond acceptors (Lipinski definition) is 6. The molecule has 0 aliphatic carbocycles. The van der Waals surface area contributed by atoms with E-state index >= 15 is 0 Å². The Morgan fingerprint density at radius 1 is 0.209 bits per heavy atom. The number of methoxy groups -OCH3 is 3.